The molecular weight excluding hydrogens is 300 g/mol. The van der Waals surface area contributed by atoms with Gasteiger partial charge in [0.2, 0.25) is 0 Å². The van der Waals surface area contributed by atoms with Crippen molar-refractivity contribution in [1.29, 1.82) is 0 Å². The Kier molecular flexibility index (Phi) is 4.13. The summed E-state index contributed by atoms with van der Waals surface area (Å²) >= 11 is 3.42. The number of carbonyl (C=O) groups excluding carboxylic acids is 1. The van der Waals surface area contributed by atoms with Crippen molar-refractivity contribution in [3.05, 3.63) is 29.1 Å². The van der Waals surface area contributed by atoms with Crippen LogP contribution < -0.4 is 11.1 Å². The van der Waals surface area contributed by atoms with Crippen LogP contribution >= 0.6 is 23.1 Å². The molecule has 112 valence electrons. The first-order valence-electron chi connectivity index (χ1n) is 7.24. The molecule has 1 heterocycles. The Morgan fingerprint density at radius 3 is 2.86 bits per heavy atom. The van der Waals surface area contributed by atoms with E-state index in [9.17, 15) is 4.79 Å². The number of benzene rings is 1. The average Bonchev–Trinajstić information content (AvgIpc) is 3.11. The summed E-state index contributed by atoms with van der Waals surface area (Å²) in [5.41, 5.74) is 6.52. The van der Waals surface area contributed by atoms with Crippen molar-refractivity contribution in [1.82, 2.24) is 5.32 Å². The Hall–Kier alpha value is -1.20. The molecule has 0 bridgehead atoms. The van der Waals surface area contributed by atoms with Gasteiger partial charge in [0.1, 0.15) is 0 Å². The standard InChI is InChI=1S/C16H20N2OS2/c1-20-16(6-2-3-7-16)10-18-15(19)14-9-11-8-12(17)4-5-13(11)21-14/h4-5,8-9H,2-3,6-7,10,17H2,1H3,(H,18,19). The maximum absolute atomic E-state index is 12.4. The zero-order chi connectivity index (χ0) is 14.9. The average molecular weight is 320 g/mol. The molecule has 0 radical (unpaired) electrons. The molecule has 1 aromatic carbocycles. The van der Waals surface area contributed by atoms with Crippen molar-refractivity contribution in [2.75, 3.05) is 18.5 Å². The highest BCUT2D eigenvalue weighted by molar-refractivity contribution is 8.00. The molecule has 0 atom stereocenters. The van der Waals surface area contributed by atoms with Gasteiger partial charge in [-0.2, -0.15) is 11.8 Å². The molecule has 5 heteroatoms. The molecule has 1 aliphatic carbocycles. The molecule has 2 aromatic rings. The van der Waals surface area contributed by atoms with E-state index in [1.807, 2.05) is 36.0 Å². The van der Waals surface area contributed by atoms with Crippen molar-refractivity contribution in [2.24, 2.45) is 0 Å². The third kappa shape index (κ3) is 3.04. The van der Waals surface area contributed by atoms with Crippen LogP contribution in [0.2, 0.25) is 0 Å². The Bertz CT molecular complexity index is 659. The van der Waals surface area contributed by atoms with Crippen LogP contribution in [0.1, 0.15) is 35.4 Å². The molecule has 0 unspecified atom stereocenters. The predicted molar refractivity (Wildman–Crippen MR) is 93.3 cm³/mol. The Balaban J connectivity index is 1.72. The lowest BCUT2D eigenvalue weighted by Crippen LogP contribution is -2.38. The van der Waals surface area contributed by atoms with Gasteiger partial charge in [-0.15, -0.1) is 11.3 Å². The number of fused-ring (bicyclic) bond motifs is 1. The quantitative estimate of drug-likeness (QED) is 0.840. The van der Waals surface area contributed by atoms with E-state index in [1.165, 1.54) is 37.0 Å². The van der Waals surface area contributed by atoms with E-state index >= 15 is 0 Å². The van der Waals surface area contributed by atoms with Crippen LogP contribution in [0.4, 0.5) is 5.69 Å². The largest absolute Gasteiger partial charge is 0.399 e. The molecule has 1 amide bonds. The van der Waals surface area contributed by atoms with E-state index in [4.69, 9.17) is 5.73 Å². The molecule has 3 nitrogen and oxygen atoms in total. The molecule has 21 heavy (non-hydrogen) atoms. The van der Waals surface area contributed by atoms with Gasteiger partial charge in [0.25, 0.3) is 5.91 Å². The lowest BCUT2D eigenvalue weighted by molar-refractivity contribution is 0.0953. The Labute approximate surface area is 133 Å². The normalized spacial score (nSPS) is 17.2. The molecule has 0 saturated heterocycles. The number of carbonyl (C=O) groups is 1. The SMILES string of the molecule is CSC1(CNC(=O)c2cc3cc(N)ccc3s2)CCCC1. The lowest BCUT2D eigenvalue weighted by Gasteiger charge is -2.26. The van der Waals surface area contributed by atoms with E-state index < -0.39 is 0 Å². The molecule has 1 fully saturated rings. The number of rotatable bonds is 4. The first kappa shape index (κ1) is 14.7. The van der Waals surface area contributed by atoms with E-state index in [0.717, 1.165) is 27.2 Å². The van der Waals surface area contributed by atoms with Gasteiger partial charge >= 0.3 is 0 Å². The van der Waals surface area contributed by atoms with Crippen LogP contribution in [0.3, 0.4) is 0 Å². The minimum Gasteiger partial charge on any atom is -0.399 e. The Morgan fingerprint density at radius 2 is 2.14 bits per heavy atom. The number of hydrogen-bond acceptors (Lipinski definition) is 4. The fourth-order valence-corrected chi connectivity index (χ4v) is 4.85. The van der Waals surface area contributed by atoms with E-state index in [0.29, 0.717) is 0 Å². The number of nitrogen functional groups attached to an aromatic ring is 1. The van der Waals surface area contributed by atoms with Gasteiger partial charge in [-0.3, -0.25) is 4.79 Å². The first-order valence-corrected chi connectivity index (χ1v) is 9.28. The maximum Gasteiger partial charge on any atom is 0.261 e. The number of amides is 1. The number of hydrogen-bond donors (Lipinski definition) is 2. The van der Waals surface area contributed by atoms with Gasteiger partial charge in [0, 0.05) is 21.7 Å². The fraction of sp³-hybridized carbons (Fsp3) is 0.438. The molecule has 1 aromatic heterocycles. The number of thioether (sulfide) groups is 1. The molecule has 0 aliphatic heterocycles. The molecular formula is C16H20N2OS2. The zero-order valence-electron chi connectivity index (χ0n) is 12.1. The first-order chi connectivity index (χ1) is 10.1. The summed E-state index contributed by atoms with van der Waals surface area (Å²) in [7, 11) is 0. The lowest BCUT2D eigenvalue weighted by atomic mass is 10.1. The Morgan fingerprint density at radius 1 is 1.38 bits per heavy atom. The number of nitrogens with two attached hydrogens (primary N) is 1. The predicted octanol–water partition coefficient (Wildman–Crippen LogP) is 3.89. The zero-order valence-corrected chi connectivity index (χ0v) is 13.8. The second kappa shape index (κ2) is 5.89. The van der Waals surface area contributed by atoms with E-state index in [1.54, 1.807) is 0 Å². The highest BCUT2D eigenvalue weighted by Crippen LogP contribution is 2.39. The van der Waals surface area contributed by atoms with Gasteiger partial charge in [-0.05, 0) is 48.7 Å². The van der Waals surface area contributed by atoms with Crippen LogP contribution in [-0.2, 0) is 0 Å². The molecule has 0 spiro atoms. The molecule has 1 saturated carbocycles. The topological polar surface area (TPSA) is 55.1 Å². The third-order valence-electron chi connectivity index (χ3n) is 4.28. The van der Waals surface area contributed by atoms with Gasteiger partial charge in [-0.25, -0.2) is 0 Å². The molecule has 3 N–H and O–H groups in total. The van der Waals surface area contributed by atoms with Crippen LogP contribution in [0, 0.1) is 0 Å². The van der Waals surface area contributed by atoms with Crippen molar-refractivity contribution in [3.8, 4) is 0 Å². The van der Waals surface area contributed by atoms with Crippen LogP contribution in [0.25, 0.3) is 10.1 Å². The minimum atomic E-state index is 0.0371. The second-order valence-electron chi connectivity index (χ2n) is 5.68. The van der Waals surface area contributed by atoms with Crippen LogP contribution in [-0.4, -0.2) is 23.5 Å². The minimum absolute atomic E-state index is 0.0371. The summed E-state index contributed by atoms with van der Waals surface area (Å²) < 4.78 is 1.35. The highest BCUT2D eigenvalue weighted by atomic mass is 32.2. The third-order valence-corrected chi connectivity index (χ3v) is 6.82. The summed E-state index contributed by atoms with van der Waals surface area (Å²) in [6.07, 6.45) is 7.12. The number of nitrogens with one attached hydrogen (secondary N) is 1. The van der Waals surface area contributed by atoms with E-state index in [2.05, 4.69) is 11.6 Å². The smallest absolute Gasteiger partial charge is 0.261 e. The summed E-state index contributed by atoms with van der Waals surface area (Å²) in [4.78, 5) is 13.1. The summed E-state index contributed by atoms with van der Waals surface area (Å²) in [5.74, 6) is 0.0371. The summed E-state index contributed by atoms with van der Waals surface area (Å²) in [6.45, 7) is 0.767. The summed E-state index contributed by atoms with van der Waals surface area (Å²) in [6, 6.07) is 7.71. The van der Waals surface area contributed by atoms with Crippen molar-refractivity contribution in [2.45, 2.75) is 30.4 Å². The monoisotopic (exact) mass is 320 g/mol. The van der Waals surface area contributed by atoms with Crippen molar-refractivity contribution in [3.63, 3.8) is 0 Å². The molecule has 1 aliphatic rings. The number of thiophene rings is 1. The van der Waals surface area contributed by atoms with Crippen molar-refractivity contribution < 1.29 is 4.79 Å². The highest BCUT2D eigenvalue weighted by Gasteiger charge is 2.33. The second-order valence-corrected chi connectivity index (χ2v) is 8.04. The maximum atomic E-state index is 12.4. The van der Waals surface area contributed by atoms with Gasteiger partial charge in [0.05, 0.1) is 4.88 Å². The van der Waals surface area contributed by atoms with Gasteiger partial charge < -0.3 is 11.1 Å². The van der Waals surface area contributed by atoms with E-state index in [-0.39, 0.29) is 10.7 Å². The molecule has 3 rings (SSSR count). The summed E-state index contributed by atoms with van der Waals surface area (Å²) in [5, 5.41) is 4.17. The fourth-order valence-electron chi connectivity index (χ4n) is 2.97. The van der Waals surface area contributed by atoms with Crippen LogP contribution in [0.15, 0.2) is 24.3 Å². The van der Waals surface area contributed by atoms with Crippen LogP contribution in [0.5, 0.6) is 0 Å². The van der Waals surface area contributed by atoms with Gasteiger partial charge in [0.15, 0.2) is 0 Å². The van der Waals surface area contributed by atoms with Crippen molar-refractivity contribution >= 4 is 44.8 Å². The number of anilines is 1. The van der Waals surface area contributed by atoms with Gasteiger partial charge in [-0.1, -0.05) is 12.8 Å².